The van der Waals surface area contributed by atoms with Gasteiger partial charge >= 0.3 is 5.97 Å². The van der Waals surface area contributed by atoms with Crippen LogP contribution in [0.3, 0.4) is 0 Å². The second kappa shape index (κ2) is 4.72. The summed E-state index contributed by atoms with van der Waals surface area (Å²) in [6.45, 7) is 0.114. The smallest absolute Gasteiger partial charge is 0.312 e. The lowest BCUT2D eigenvalue weighted by Gasteiger charge is -2.16. The molecule has 0 bridgehead atoms. The van der Waals surface area contributed by atoms with Crippen LogP contribution in [-0.2, 0) is 16.1 Å². The number of hydrogen-bond acceptors (Lipinski definition) is 5. The van der Waals surface area contributed by atoms with Crippen molar-refractivity contribution in [3.05, 3.63) is 36.2 Å². The summed E-state index contributed by atoms with van der Waals surface area (Å²) in [5.74, 6) is -1.87. The summed E-state index contributed by atoms with van der Waals surface area (Å²) in [5.41, 5.74) is 1.29. The zero-order chi connectivity index (χ0) is 14.1. The number of carboxylic acid groups (broad SMARTS) is 1. The van der Waals surface area contributed by atoms with Gasteiger partial charge in [0.05, 0.1) is 0 Å². The highest BCUT2D eigenvalue weighted by Crippen LogP contribution is 2.36. The number of para-hydroxylation sites is 1. The van der Waals surface area contributed by atoms with Gasteiger partial charge in [-0.25, -0.2) is 4.68 Å². The number of nitrogens with zero attached hydrogens (tertiary/aromatic N) is 5. The van der Waals surface area contributed by atoms with Gasteiger partial charge in [-0.05, 0) is 22.1 Å². The lowest BCUT2D eigenvalue weighted by atomic mass is 10.0. The number of aliphatic carboxylic acids is 1. The molecule has 1 N–H and O–H groups in total. The monoisotopic (exact) mass is 273 g/mol. The first-order valence-corrected chi connectivity index (χ1v) is 5.99. The van der Waals surface area contributed by atoms with Crippen LogP contribution in [0.25, 0.3) is 0 Å². The van der Waals surface area contributed by atoms with Crippen molar-refractivity contribution in [3.63, 3.8) is 0 Å². The lowest BCUT2D eigenvalue weighted by molar-refractivity contribution is -0.138. The minimum atomic E-state index is -0.935. The van der Waals surface area contributed by atoms with Crippen LogP contribution in [0.5, 0.6) is 0 Å². The molecular weight excluding hydrogens is 262 g/mol. The Morgan fingerprint density at radius 2 is 2.15 bits per heavy atom. The molecule has 0 saturated heterocycles. The molecule has 8 nitrogen and oxygen atoms in total. The van der Waals surface area contributed by atoms with Crippen LogP contribution in [0.1, 0.15) is 11.5 Å². The van der Waals surface area contributed by atoms with E-state index in [0.717, 1.165) is 0 Å². The minimum Gasteiger partial charge on any atom is -0.481 e. The van der Waals surface area contributed by atoms with E-state index in [9.17, 15) is 14.7 Å². The van der Waals surface area contributed by atoms with Crippen LogP contribution in [0.15, 0.2) is 30.6 Å². The van der Waals surface area contributed by atoms with E-state index in [2.05, 4.69) is 15.5 Å². The van der Waals surface area contributed by atoms with Crippen molar-refractivity contribution < 1.29 is 14.7 Å². The normalized spacial score (nSPS) is 17.0. The number of carbonyl (C=O) groups is 2. The number of rotatable bonds is 3. The Kier molecular flexibility index (Phi) is 2.90. The topological polar surface area (TPSA) is 101 Å². The van der Waals surface area contributed by atoms with Crippen molar-refractivity contribution in [1.29, 1.82) is 0 Å². The molecular formula is C12H11N5O3. The second-order valence-corrected chi connectivity index (χ2v) is 4.46. The molecule has 8 heteroatoms. The number of benzene rings is 1. The molecule has 0 spiro atoms. The molecule has 1 aromatic carbocycles. The maximum atomic E-state index is 12.3. The van der Waals surface area contributed by atoms with Crippen molar-refractivity contribution in [2.24, 2.45) is 0 Å². The predicted octanol–water partition coefficient (Wildman–Crippen LogP) is -0.112. The van der Waals surface area contributed by atoms with Crippen molar-refractivity contribution in [3.8, 4) is 0 Å². The third-order valence-electron chi connectivity index (χ3n) is 3.26. The number of fused-ring (bicyclic) bond motifs is 1. The quantitative estimate of drug-likeness (QED) is 0.837. The molecule has 20 heavy (non-hydrogen) atoms. The fourth-order valence-electron chi connectivity index (χ4n) is 2.33. The Balaban J connectivity index is 1.88. The number of tetrazole rings is 1. The summed E-state index contributed by atoms with van der Waals surface area (Å²) in [7, 11) is 0. The molecule has 1 aliphatic rings. The molecule has 1 aromatic heterocycles. The average molecular weight is 273 g/mol. The summed E-state index contributed by atoms with van der Waals surface area (Å²) in [6, 6.07) is 7.03. The van der Waals surface area contributed by atoms with Gasteiger partial charge in [0, 0.05) is 12.2 Å². The highest BCUT2D eigenvalue weighted by atomic mass is 16.4. The first-order chi connectivity index (χ1) is 9.66. The highest BCUT2D eigenvalue weighted by molar-refractivity contribution is 5.98. The van der Waals surface area contributed by atoms with Crippen molar-refractivity contribution in [2.75, 3.05) is 11.4 Å². The van der Waals surface area contributed by atoms with E-state index in [1.54, 1.807) is 24.3 Å². The molecule has 1 aliphatic heterocycles. The zero-order valence-corrected chi connectivity index (χ0v) is 10.4. The molecule has 2 heterocycles. The summed E-state index contributed by atoms with van der Waals surface area (Å²) in [4.78, 5) is 25.0. The summed E-state index contributed by atoms with van der Waals surface area (Å²) in [6.07, 6.45) is 1.34. The molecule has 0 radical (unpaired) electrons. The van der Waals surface area contributed by atoms with E-state index in [0.29, 0.717) is 11.3 Å². The number of amides is 1. The van der Waals surface area contributed by atoms with Gasteiger partial charge < -0.3 is 10.0 Å². The highest BCUT2D eigenvalue weighted by Gasteiger charge is 2.36. The van der Waals surface area contributed by atoms with E-state index < -0.39 is 11.9 Å². The number of aromatic nitrogens is 4. The van der Waals surface area contributed by atoms with Gasteiger partial charge in [0.15, 0.2) is 0 Å². The predicted molar refractivity (Wildman–Crippen MR) is 67.0 cm³/mol. The number of carboxylic acids is 1. The first-order valence-electron chi connectivity index (χ1n) is 5.99. The van der Waals surface area contributed by atoms with Gasteiger partial charge in [0.25, 0.3) is 0 Å². The first kappa shape index (κ1) is 12.3. The van der Waals surface area contributed by atoms with Gasteiger partial charge in [0.1, 0.15) is 18.8 Å². The number of carbonyl (C=O) groups excluding carboxylic acids is 1. The third kappa shape index (κ3) is 2.00. The second-order valence-electron chi connectivity index (χ2n) is 4.46. The lowest BCUT2D eigenvalue weighted by Crippen LogP contribution is -2.34. The van der Waals surface area contributed by atoms with Crippen LogP contribution >= 0.6 is 0 Å². The van der Waals surface area contributed by atoms with Crippen LogP contribution in [0.4, 0.5) is 5.69 Å². The van der Waals surface area contributed by atoms with Gasteiger partial charge in [-0.1, -0.05) is 18.2 Å². The summed E-state index contributed by atoms with van der Waals surface area (Å²) < 4.78 is 1.30. The maximum Gasteiger partial charge on any atom is 0.312 e. The largest absolute Gasteiger partial charge is 0.481 e. The van der Waals surface area contributed by atoms with Crippen LogP contribution in [0.2, 0.25) is 0 Å². The summed E-state index contributed by atoms with van der Waals surface area (Å²) in [5, 5.41) is 19.8. The molecule has 1 unspecified atom stereocenters. The van der Waals surface area contributed by atoms with E-state index in [1.165, 1.54) is 15.9 Å². The van der Waals surface area contributed by atoms with Gasteiger partial charge in [-0.2, -0.15) is 0 Å². The van der Waals surface area contributed by atoms with Crippen molar-refractivity contribution in [1.82, 2.24) is 20.2 Å². The SMILES string of the molecule is O=C(O)C1CN(C(=O)Cn2cnnn2)c2ccccc21. The van der Waals surface area contributed by atoms with Crippen LogP contribution in [-0.4, -0.2) is 43.7 Å². The Labute approximate surface area is 113 Å². The van der Waals surface area contributed by atoms with Crippen LogP contribution < -0.4 is 4.90 Å². The van der Waals surface area contributed by atoms with Crippen molar-refractivity contribution in [2.45, 2.75) is 12.5 Å². The van der Waals surface area contributed by atoms with Gasteiger partial charge in [0.2, 0.25) is 5.91 Å². The van der Waals surface area contributed by atoms with E-state index in [4.69, 9.17) is 0 Å². The molecule has 0 fully saturated rings. The van der Waals surface area contributed by atoms with E-state index in [-0.39, 0.29) is 19.0 Å². The van der Waals surface area contributed by atoms with Gasteiger partial charge in [-0.15, -0.1) is 5.10 Å². The van der Waals surface area contributed by atoms with Gasteiger partial charge in [-0.3, -0.25) is 9.59 Å². The molecule has 102 valence electrons. The number of hydrogen-bond donors (Lipinski definition) is 1. The minimum absolute atomic E-state index is 0.0202. The number of anilines is 1. The van der Waals surface area contributed by atoms with E-state index >= 15 is 0 Å². The van der Waals surface area contributed by atoms with Crippen LogP contribution in [0, 0.1) is 0 Å². The Morgan fingerprint density at radius 1 is 1.35 bits per heavy atom. The molecule has 3 rings (SSSR count). The standard InChI is InChI=1S/C12H11N5O3/c18-11(6-16-7-13-14-15-16)17-5-9(12(19)20)8-3-1-2-4-10(8)17/h1-4,7,9H,5-6H2,(H,19,20). The molecule has 0 saturated carbocycles. The Morgan fingerprint density at radius 3 is 2.85 bits per heavy atom. The molecule has 2 aromatic rings. The fourth-order valence-corrected chi connectivity index (χ4v) is 2.33. The Hall–Kier alpha value is -2.77. The fraction of sp³-hybridized carbons (Fsp3) is 0.250. The molecule has 1 amide bonds. The van der Waals surface area contributed by atoms with E-state index in [1.807, 2.05) is 0 Å². The zero-order valence-electron chi connectivity index (χ0n) is 10.4. The average Bonchev–Trinajstić information content (AvgIpc) is 3.05. The third-order valence-corrected chi connectivity index (χ3v) is 3.26. The Bertz CT molecular complexity index is 655. The molecule has 0 aliphatic carbocycles. The van der Waals surface area contributed by atoms with Crippen molar-refractivity contribution >= 4 is 17.6 Å². The summed E-state index contributed by atoms with van der Waals surface area (Å²) >= 11 is 0. The molecule has 1 atom stereocenters. The maximum absolute atomic E-state index is 12.3.